The molecule has 1 N–H and O–H groups in total. The maximum atomic E-state index is 13.6. The molecule has 192 valence electrons. The van der Waals surface area contributed by atoms with Gasteiger partial charge in [-0.2, -0.15) is 0 Å². The van der Waals surface area contributed by atoms with Crippen molar-refractivity contribution in [2.45, 2.75) is 12.8 Å². The predicted molar refractivity (Wildman–Crippen MR) is 150 cm³/mol. The molecular weight excluding hydrogens is 523 g/mol. The van der Waals surface area contributed by atoms with E-state index in [9.17, 15) is 14.4 Å². The van der Waals surface area contributed by atoms with Gasteiger partial charge in [0.1, 0.15) is 5.75 Å². The van der Waals surface area contributed by atoms with Crippen LogP contribution in [0.2, 0.25) is 10.0 Å². The van der Waals surface area contributed by atoms with Crippen molar-refractivity contribution in [3.05, 3.63) is 124 Å². The fourth-order valence-electron chi connectivity index (χ4n) is 3.90. The average molecular weight is 547 g/mol. The van der Waals surface area contributed by atoms with E-state index in [-0.39, 0.29) is 29.8 Å². The van der Waals surface area contributed by atoms with Gasteiger partial charge in [-0.15, -0.1) is 0 Å². The minimum Gasteiger partial charge on any atom is -0.495 e. The lowest BCUT2D eigenvalue weighted by Crippen LogP contribution is -2.39. The van der Waals surface area contributed by atoms with Crippen LogP contribution in [0.1, 0.15) is 21.5 Å². The quantitative estimate of drug-likeness (QED) is 0.270. The number of hydrogen-bond acceptors (Lipinski definition) is 4. The summed E-state index contributed by atoms with van der Waals surface area (Å²) in [6, 6.07) is 27.5. The van der Waals surface area contributed by atoms with Crippen LogP contribution < -0.4 is 15.0 Å². The van der Waals surface area contributed by atoms with Crippen molar-refractivity contribution in [1.82, 2.24) is 0 Å². The third kappa shape index (κ3) is 6.59. The molecule has 4 aromatic carbocycles. The lowest BCUT2D eigenvalue weighted by atomic mass is 10.1. The largest absolute Gasteiger partial charge is 0.495 e. The van der Waals surface area contributed by atoms with E-state index in [0.29, 0.717) is 15.7 Å². The van der Waals surface area contributed by atoms with Crippen LogP contribution in [-0.4, -0.2) is 24.8 Å². The molecule has 4 aromatic rings. The second-order valence-electron chi connectivity index (χ2n) is 8.41. The van der Waals surface area contributed by atoms with Gasteiger partial charge in [0.2, 0.25) is 11.8 Å². The van der Waals surface area contributed by atoms with Gasteiger partial charge in [0.25, 0.3) is 5.91 Å². The molecule has 0 unspecified atom stereocenters. The summed E-state index contributed by atoms with van der Waals surface area (Å²) in [5.74, 6) is -1.13. The zero-order valence-corrected chi connectivity index (χ0v) is 22.0. The first-order valence-corrected chi connectivity index (χ1v) is 12.5. The number of ether oxygens (including phenoxy) is 1. The number of halogens is 2. The summed E-state index contributed by atoms with van der Waals surface area (Å²) in [5, 5.41) is 3.45. The predicted octanol–water partition coefficient (Wildman–Crippen LogP) is 6.60. The number of amides is 3. The Morgan fingerprint density at radius 2 is 1.34 bits per heavy atom. The van der Waals surface area contributed by atoms with E-state index in [0.717, 1.165) is 16.0 Å². The van der Waals surface area contributed by atoms with Gasteiger partial charge in [0, 0.05) is 10.6 Å². The molecular formula is C30H24Cl2N2O4. The Bertz CT molecular complexity index is 1410. The molecule has 3 amide bonds. The van der Waals surface area contributed by atoms with Gasteiger partial charge in [-0.3, -0.25) is 14.4 Å². The lowest BCUT2D eigenvalue weighted by molar-refractivity contribution is -0.125. The van der Waals surface area contributed by atoms with Crippen LogP contribution in [0.4, 0.5) is 11.4 Å². The molecule has 38 heavy (non-hydrogen) atoms. The minimum absolute atomic E-state index is 0.0148. The topological polar surface area (TPSA) is 75.7 Å². The van der Waals surface area contributed by atoms with Crippen molar-refractivity contribution in [2.24, 2.45) is 0 Å². The van der Waals surface area contributed by atoms with E-state index in [1.807, 2.05) is 60.7 Å². The third-order valence-corrected chi connectivity index (χ3v) is 6.32. The van der Waals surface area contributed by atoms with E-state index in [4.69, 9.17) is 27.9 Å². The monoisotopic (exact) mass is 546 g/mol. The number of nitrogens with one attached hydrogen (secondary N) is 1. The Morgan fingerprint density at radius 1 is 0.763 bits per heavy atom. The second-order valence-corrected chi connectivity index (χ2v) is 9.26. The highest BCUT2D eigenvalue weighted by Gasteiger charge is 2.28. The summed E-state index contributed by atoms with van der Waals surface area (Å²) in [4.78, 5) is 41.4. The fraction of sp³-hybridized carbons (Fsp3) is 0.100. The van der Waals surface area contributed by atoms with Crippen LogP contribution in [0, 0.1) is 0 Å². The molecule has 0 aliphatic carbocycles. The number of carbonyl (C=O) groups is 3. The zero-order chi connectivity index (χ0) is 27.1. The van der Waals surface area contributed by atoms with Gasteiger partial charge in [-0.25, -0.2) is 4.90 Å². The van der Waals surface area contributed by atoms with Crippen molar-refractivity contribution in [3.63, 3.8) is 0 Å². The summed E-state index contributed by atoms with van der Waals surface area (Å²) >= 11 is 12.3. The Morgan fingerprint density at radius 3 is 1.89 bits per heavy atom. The molecule has 0 aliphatic rings. The fourth-order valence-corrected chi connectivity index (χ4v) is 4.24. The summed E-state index contributed by atoms with van der Waals surface area (Å²) in [6.45, 7) is 0. The molecule has 4 rings (SSSR count). The normalized spacial score (nSPS) is 10.5. The summed E-state index contributed by atoms with van der Waals surface area (Å²) in [7, 11) is 1.44. The van der Waals surface area contributed by atoms with E-state index in [2.05, 4.69) is 5.32 Å². The minimum atomic E-state index is -0.496. The Labute approximate surface area is 230 Å². The number of imide groups is 1. The van der Waals surface area contributed by atoms with Crippen molar-refractivity contribution < 1.29 is 19.1 Å². The van der Waals surface area contributed by atoms with Crippen LogP contribution >= 0.6 is 23.2 Å². The van der Waals surface area contributed by atoms with E-state index < -0.39 is 17.7 Å². The first kappa shape index (κ1) is 26.9. The molecule has 0 atom stereocenters. The smallest absolute Gasteiger partial charge is 0.255 e. The summed E-state index contributed by atoms with van der Waals surface area (Å²) in [6.07, 6.45) is -0.0296. The molecule has 0 bridgehead atoms. The Hall–Kier alpha value is -4.13. The molecule has 0 saturated carbocycles. The number of anilines is 2. The number of benzene rings is 4. The Kier molecular flexibility index (Phi) is 8.79. The second kappa shape index (κ2) is 12.4. The number of carbonyl (C=O) groups excluding carboxylic acids is 3. The highest BCUT2D eigenvalue weighted by molar-refractivity contribution is 6.36. The van der Waals surface area contributed by atoms with Crippen LogP contribution in [0.5, 0.6) is 5.75 Å². The van der Waals surface area contributed by atoms with Gasteiger partial charge in [-0.05, 0) is 47.5 Å². The van der Waals surface area contributed by atoms with Gasteiger partial charge in [0.05, 0.1) is 36.3 Å². The molecule has 0 radical (unpaired) electrons. The average Bonchev–Trinajstić information content (AvgIpc) is 2.92. The Balaban J connectivity index is 1.71. The van der Waals surface area contributed by atoms with Gasteiger partial charge < -0.3 is 10.1 Å². The van der Waals surface area contributed by atoms with Crippen molar-refractivity contribution in [3.8, 4) is 5.75 Å². The number of hydrogen-bond donors (Lipinski definition) is 1. The van der Waals surface area contributed by atoms with Crippen LogP contribution in [0.3, 0.4) is 0 Å². The molecule has 0 saturated heterocycles. The maximum absolute atomic E-state index is 13.6. The van der Waals surface area contributed by atoms with Crippen LogP contribution in [0.25, 0.3) is 0 Å². The zero-order valence-electron chi connectivity index (χ0n) is 20.5. The number of methoxy groups -OCH3 is 1. The van der Waals surface area contributed by atoms with Gasteiger partial charge in [-0.1, -0.05) is 83.9 Å². The molecule has 0 aliphatic heterocycles. The lowest BCUT2D eigenvalue weighted by Gasteiger charge is -2.24. The molecule has 6 nitrogen and oxygen atoms in total. The van der Waals surface area contributed by atoms with Crippen LogP contribution in [-0.2, 0) is 22.4 Å². The van der Waals surface area contributed by atoms with Crippen molar-refractivity contribution in [1.29, 1.82) is 0 Å². The first-order chi connectivity index (χ1) is 18.4. The molecule has 8 heteroatoms. The van der Waals surface area contributed by atoms with Crippen LogP contribution in [0.15, 0.2) is 97.1 Å². The number of nitrogens with zero attached hydrogens (tertiary/aromatic N) is 1. The summed E-state index contributed by atoms with van der Waals surface area (Å²) in [5.41, 5.74) is 2.19. The van der Waals surface area contributed by atoms with Crippen molar-refractivity contribution in [2.75, 3.05) is 17.3 Å². The van der Waals surface area contributed by atoms with Gasteiger partial charge >= 0.3 is 0 Å². The summed E-state index contributed by atoms with van der Waals surface area (Å²) < 4.78 is 5.50. The highest BCUT2D eigenvalue weighted by atomic mass is 35.5. The van der Waals surface area contributed by atoms with E-state index in [1.165, 1.54) is 25.3 Å². The SMILES string of the molecule is COc1ccc(C(=O)Nc2cc(Cl)ccc2Cl)cc1N(C(=O)Cc1ccccc1)C(=O)Cc1ccccc1. The number of rotatable bonds is 8. The van der Waals surface area contributed by atoms with Crippen molar-refractivity contribution >= 4 is 52.3 Å². The molecule has 0 fully saturated rings. The van der Waals surface area contributed by atoms with E-state index >= 15 is 0 Å². The standard InChI is InChI=1S/C30H24Cl2N2O4/c1-38-27-15-12-22(30(37)33-25-19-23(31)13-14-24(25)32)18-26(27)34(28(35)16-20-8-4-2-5-9-20)29(36)17-21-10-6-3-7-11-21/h2-15,18-19H,16-17H2,1H3,(H,33,37). The molecule has 0 aromatic heterocycles. The van der Waals surface area contributed by atoms with E-state index in [1.54, 1.807) is 18.2 Å². The first-order valence-electron chi connectivity index (χ1n) is 11.7. The third-order valence-electron chi connectivity index (χ3n) is 5.75. The van der Waals surface area contributed by atoms with Gasteiger partial charge in [0.15, 0.2) is 0 Å². The maximum Gasteiger partial charge on any atom is 0.255 e. The molecule has 0 heterocycles. The highest BCUT2D eigenvalue weighted by Crippen LogP contribution is 2.32. The molecule has 0 spiro atoms.